The average Bonchev–Trinajstić information content (AvgIpc) is 3.60. The molecule has 14 heteroatoms. The molecule has 0 radical (unpaired) electrons. The Balaban J connectivity index is 1.36. The van der Waals surface area contributed by atoms with Gasteiger partial charge in [-0.3, -0.25) is 9.59 Å². The van der Waals surface area contributed by atoms with Crippen LogP contribution in [0, 0.1) is 12.7 Å². The van der Waals surface area contributed by atoms with Crippen molar-refractivity contribution in [2.24, 2.45) is 10.3 Å². The summed E-state index contributed by atoms with van der Waals surface area (Å²) in [6.07, 6.45) is 0.257. The predicted molar refractivity (Wildman–Crippen MR) is 155 cm³/mol. The maximum atomic E-state index is 14.5. The smallest absolute Gasteiger partial charge is 0.347 e. The number of carbonyl (C=O) groups excluding carboxylic acids is 2. The summed E-state index contributed by atoms with van der Waals surface area (Å²) < 4.78 is 55.8. The number of benzene rings is 1. The van der Waals surface area contributed by atoms with Gasteiger partial charge < -0.3 is 10.6 Å². The van der Waals surface area contributed by atoms with Gasteiger partial charge in [0.2, 0.25) is 0 Å². The molecule has 45 heavy (non-hydrogen) atoms. The van der Waals surface area contributed by atoms with Crippen LogP contribution >= 0.6 is 0 Å². The molecule has 1 aromatic carbocycles. The van der Waals surface area contributed by atoms with E-state index in [0.29, 0.717) is 22.1 Å². The second-order valence-corrected chi connectivity index (χ2v) is 12.8. The Kier molecular flexibility index (Phi) is 7.58. The molecule has 2 amide bonds. The van der Waals surface area contributed by atoms with Crippen LogP contribution in [0.3, 0.4) is 0 Å². The van der Waals surface area contributed by atoms with Gasteiger partial charge in [-0.05, 0) is 81.8 Å². The molecule has 0 spiro atoms. The number of anilines is 1. The number of aryl methyl sites for hydroxylation is 1. The predicted octanol–water partition coefficient (Wildman–Crippen LogP) is 5.12. The Labute approximate surface area is 256 Å². The highest BCUT2D eigenvalue weighted by molar-refractivity contribution is 6.09. The standard InChI is InChI=1S/C31H32F4N8O2/c1-16-11-18(32)12-22(28(44)38-30(2,3)4)25(16)37-29(45)24-13-19(15-42-23-14-21(23)26(39-41-42)31(33,34)35)40-43(24)27-20(9-6-10-36-27)17-7-5-8-17/h6,9-13,17,23H,5,7-8,14-15H2,1-4H3,(H,37,45)(H,38,44)/p+1. The number of carbonyl (C=O) groups is 2. The van der Waals surface area contributed by atoms with Crippen molar-refractivity contribution < 1.29 is 32.2 Å². The maximum Gasteiger partial charge on any atom is 0.435 e. The first-order valence-electron chi connectivity index (χ1n) is 14.8. The van der Waals surface area contributed by atoms with Crippen LogP contribution in [0.1, 0.15) is 90.0 Å². The van der Waals surface area contributed by atoms with Crippen LogP contribution in [-0.4, -0.2) is 44.3 Å². The number of halogens is 4. The van der Waals surface area contributed by atoms with Crippen LogP contribution in [0.25, 0.3) is 5.82 Å². The maximum absolute atomic E-state index is 14.5. The number of nitrogens with zero attached hydrogens (tertiary/aromatic N) is 5. The van der Waals surface area contributed by atoms with Crippen molar-refractivity contribution in [1.82, 2.24) is 20.1 Å². The summed E-state index contributed by atoms with van der Waals surface area (Å²) in [5, 5.41) is 18.1. The Morgan fingerprint density at radius 3 is 2.53 bits per heavy atom. The Morgan fingerprint density at radius 1 is 1.11 bits per heavy atom. The number of quaternary nitrogens is 1. The fourth-order valence-corrected chi connectivity index (χ4v) is 5.71. The normalized spacial score (nSPS) is 19.6. The lowest BCUT2D eigenvalue weighted by atomic mass is 9.80. The number of amides is 2. The molecule has 2 saturated carbocycles. The number of hydrogen-bond acceptors (Lipinski definition) is 6. The third-order valence-corrected chi connectivity index (χ3v) is 8.13. The molecular weight excluding hydrogens is 592 g/mol. The Hall–Kier alpha value is -4.46. The second-order valence-electron chi connectivity index (χ2n) is 12.8. The zero-order chi connectivity index (χ0) is 32.3. The topological polar surface area (TPSA) is 118 Å². The van der Waals surface area contributed by atoms with Gasteiger partial charge in [-0.25, -0.2) is 14.1 Å². The molecular formula is C31H33F4N8O2+. The first-order chi connectivity index (χ1) is 21.2. The molecule has 3 aliphatic rings. The van der Waals surface area contributed by atoms with Crippen molar-refractivity contribution in [3.8, 4) is 5.82 Å². The van der Waals surface area contributed by atoms with Gasteiger partial charge >= 0.3 is 6.18 Å². The minimum Gasteiger partial charge on any atom is -0.347 e. The largest absolute Gasteiger partial charge is 0.435 e. The highest BCUT2D eigenvalue weighted by atomic mass is 19.4. The van der Waals surface area contributed by atoms with Gasteiger partial charge in [0.25, 0.3) is 11.8 Å². The minimum absolute atomic E-state index is 0.0400. The minimum atomic E-state index is -4.57. The van der Waals surface area contributed by atoms with E-state index < -0.39 is 41.1 Å². The van der Waals surface area contributed by atoms with Crippen LogP contribution in [0.5, 0.6) is 0 Å². The molecule has 2 aromatic heterocycles. The lowest BCUT2D eigenvalue weighted by Gasteiger charge is -2.27. The molecule has 0 bridgehead atoms. The van der Waals surface area contributed by atoms with Crippen LogP contribution < -0.4 is 15.6 Å². The summed E-state index contributed by atoms with van der Waals surface area (Å²) in [6, 6.07) is 7.13. The van der Waals surface area contributed by atoms with Gasteiger partial charge in [-0.15, -0.1) is 0 Å². The molecule has 1 aliphatic heterocycles. The lowest BCUT2D eigenvalue weighted by molar-refractivity contribution is -0.935. The number of fused-ring (bicyclic) bond motifs is 1. The highest BCUT2D eigenvalue weighted by Crippen LogP contribution is 2.41. The van der Waals surface area contributed by atoms with E-state index in [2.05, 4.69) is 26.0 Å². The number of nitrogens with one attached hydrogen (secondary N) is 3. The van der Waals surface area contributed by atoms with E-state index in [0.717, 1.165) is 30.9 Å². The summed E-state index contributed by atoms with van der Waals surface area (Å²) in [5.41, 5.74) is 0.484. The SMILES string of the molecule is Cc1cc(F)cc(C(=O)NC(C)(C)C)c1NC(=O)c1cc(C[NH+]2N=NC(C(F)(F)F)=C3CC32)nn1-c1ncccc1C1CCC1. The van der Waals surface area contributed by atoms with Gasteiger partial charge in [-0.1, -0.05) is 17.6 Å². The molecule has 3 heterocycles. The van der Waals surface area contributed by atoms with Gasteiger partial charge in [0.1, 0.15) is 29.8 Å². The lowest BCUT2D eigenvalue weighted by Crippen LogP contribution is -3.07. The van der Waals surface area contributed by atoms with Crippen molar-refractivity contribution in [2.45, 2.75) is 83.6 Å². The quantitative estimate of drug-likeness (QED) is 0.316. The highest BCUT2D eigenvalue weighted by Gasteiger charge is 2.53. The van der Waals surface area contributed by atoms with Crippen molar-refractivity contribution in [1.29, 1.82) is 0 Å². The summed E-state index contributed by atoms with van der Waals surface area (Å²) in [6.45, 7) is 7.03. The van der Waals surface area contributed by atoms with Crippen molar-refractivity contribution in [3.63, 3.8) is 0 Å². The average molecular weight is 626 g/mol. The van der Waals surface area contributed by atoms with Crippen LogP contribution in [0.15, 0.2) is 58.1 Å². The number of aromatic nitrogens is 3. The van der Waals surface area contributed by atoms with E-state index >= 15 is 0 Å². The Bertz CT molecular complexity index is 1750. The van der Waals surface area contributed by atoms with Gasteiger partial charge in [0.05, 0.1) is 11.3 Å². The van der Waals surface area contributed by atoms with Gasteiger partial charge in [-0.2, -0.15) is 23.3 Å². The molecule has 3 aromatic rings. The number of alkyl halides is 3. The van der Waals surface area contributed by atoms with E-state index in [-0.39, 0.29) is 41.4 Å². The fraction of sp³-hybridized carbons (Fsp3) is 0.419. The van der Waals surface area contributed by atoms with E-state index in [1.165, 1.54) is 16.8 Å². The van der Waals surface area contributed by atoms with E-state index in [9.17, 15) is 27.2 Å². The number of allylic oxidation sites excluding steroid dienone is 1. The molecule has 10 nitrogen and oxygen atoms in total. The molecule has 2 aliphatic carbocycles. The number of pyridine rings is 1. The number of rotatable bonds is 7. The van der Waals surface area contributed by atoms with Gasteiger partial charge in [0.15, 0.2) is 11.5 Å². The molecule has 2 fully saturated rings. The second kappa shape index (κ2) is 11.2. The van der Waals surface area contributed by atoms with Crippen LogP contribution in [-0.2, 0) is 6.54 Å². The molecule has 6 rings (SSSR count). The third-order valence-electron chi connectivity index (χ3n) is 8.13. The molecule has 2 unspecified atom stereocenters. The molecule has 236 valence electrons. The van der Waals surface area contributed by atoms with E-state index in [1.807, 2.05) is 12.1 Å². The molecule has 2 atom stereocenters. The summed E-state index contributed by atoms with van der Waals surface area (Å²) in [5.74, 6) is -1.11. The van der Waals surface area contributed by atoms with Crippen LogP contribution in [0.4, 0.5) is 23.2 Å². The summed E-state index contributed by atoms with van der Waals surface area (Å²) in [7, 11) is 0. The van der Waals surface area contributed by atoms with Crippen molar-refractivity contribution in [2.75, 3.05) is 5.32 Å². The first-order valence-corrected chi connectivity index (χ1v) is 14.8. The van der Waals surface area contributed by atoms with Gasteiger partial charge in [0, 0.05) is 29.0 Å². The molecule has 3 N–H and O–H groups in total. The van der Waals surface area contributed by atoms with E-state index in [1.54, 1.807) is 33.9 Å². The van der Waals surface area contributed by atoms with Crippen molar-refractivity contribution >= 4 is 17.5 Å². The van der Waals surface area contributed by atoms with E-state index in [4.69, 9.17) is 5.10 Å². The summed E-state index contributed by atoms with van der Waals surface area (Å²) in [4.78, 5) is 31.7. The monoisotopic (exact) mass is 625 g/mol. The summed E-state index contributed by atoms with van der Waals surface area (Å²) >= 11 is 0. The first kappa shape index (κ1) is 30.6. The zero-order valence-electron chi connectivity index (χ0n) is 25.2. The van der Waals surface area contributed by atoms with Crippen molar-refractivity contribution in [3.05, 3.63) is 81.7 Å². The zero-order valence-corrected chi connectivity index (χ0v) is 25.2. The van der Waals surface area contributed by atoms with Crippen LogP contribution in [0.2, 0.25) is 0 Å². The molecule has 0 saturated heterocycles. The fourth-order valence-electron chi connectivity index (χ4n) is 5.71. The third kappa shape index (κ3) is 6.23. The number of hydrogen-bond donors (Lipinski definition) is 3. The Morgan fingerprint density at radius 2 is 1.87 bits per heavy atom.